The Bertz CT molecular complexity index is 516. The third-order valence-corrected chi connectivity index (χ3v) is 5.56. The average molecular weight is 337 g/mol. The number of nitrogens with one attached hydrogen (secondary N) is 1. The van der Waals surface area contributed by atoms with E-state index in [1.807, 2.05) is 4.90 Å². The van der Waals surface area contributed by atoms with Crippen LogP contribution in [0.3, 0.4) is 0 Å². The second-order valence-electron chi connectivity index (χ2n) is 6.55. The number of amides is 2. The monoisotopic (exact) mass is 337 g/mol. The van der Waals surface area contributed by atoms with Crippen molar-refractivity contribution in [2.45, 2.75) is 63.9 Å². The minimum atomic E-state index is -0.0179. The lowest BCUT2D eigenvalue weighted by Crippen LogP contribution is -2.36. The Labute approximate surface area is 142 Å². The first-order valence-corrected chi connectivity index (χ1v) is 9.77. The first-order chi connectivity index (χ1) is 11.3. The highest BCUT2D eigenvalue weighted by atomic mass is 32.1. The maximum absolute atomic E-state index is 12.4. The van der Waals surface area contributed by atoms with Gasteiger partial charge >= 0.3 is 6.03 Å². The summed E-state index contributed by atoms with van der Waals surface area (Å²) in [5.74, 6) is 0.617. The van der Waals surface area contributed by atoms with E-state index in [1.54, 1.807) is 11.3 Å². The minimum absolute atomic E-state index is 0.0179. The van der Waals surface area contributed by atoms with Crippen molar-refractivity contribution in [2.24, 2.45) is 0 Å². The number of carbonyl (C=O) groups excluding carboxylic acids is 1. The summed E-state index contributed by atoms with van der Waals surface area (Å²) in [5, 5.41) is 5.80. The van der Waals surface area contributed by atoms with E-state index in [9.17, 15) is 4.79 Å². The fourth-order valence-corrected chi connectivity index (χ4v) is 3.91. The third kappa shape index (κ3) is 4.44. The molecule has 128 valence electrons. The lowest BCUT2D eigenvalue weighted by Gasteiger charge is -2.23. The van der Waals surface area contributed by atoms with Crippen molar-refractivity contribution < 1.29 is 9.53 Å². The minimum Gasteiger partial charge on any atom is -0.378 e. The van der Waals surface area contributed by atoms with Gasteiger partial charge in [-0.25, -0.2) is 9.78 Å². The van der Waals surface area contributed by atoms with Gasteiger partial charge in [0, 0.05) is 31.0 Å². The number of hydrogen-bond donors (Lipinski definition) is 1. The first kappa shape index (κ1) is 16.7. The van der Waals surface area contributed by atoms with Gasteiger partial charge in [-0.2, -0.15) is 0 Å². The van der Waals surface area contributed by atoms with Crippen molar-refractivity contribution in [2.75, 3.05) is 25.0 Å². The lowest BCUT2D eigenvalue weighted by molar-refractivity contribution is 0.0446. The van der Waals surface area contributed by atoms with Crippen LogP contribution < -0.4 is 5.32 Å². The van der Waals surface area contributed by atoms with Crippen LogP contribution in [0.15, 0.2) is 5.38 Å². The van der Waals surface area contributed by atoms with Gasteiger partial charge in [0.2, 0.25) is 0 Å². The van der Waals surface area contributed by atoms with Gasteiger partial charge in [-0.3, -0.25) is 5.32 Å². The van der Waals surface area contributed by atoms with Crippen LogP contribution in [0.5, 0.6) is 0 Å². The molecule has 6 heteroatoms. The molecule has 1 aromatic rings. The highest BCUT2D eigenvalue weighted by molar-refractivity contribution is 7.13. The number of urea groups is 1. The van der Waals surface area contributed by atoms with Crippen LogP contribution in [-0.4, -0.2) is 41.7 Å². The van der Waals surface area contributed by atoms with Gasteiger partial charge in [0.25, 0.3) is 0 Å². The van der Waals surface area contributed by atoms with E-state index in [0.29, 0.717) is 12.0 Å². The SMILES string of the molecule is CCCOC1CCCN(C(=O)Nc2nc(C3CCC3)cs2)CC1. The molecule has 1 saturated carbocycles. The third-order valence-electron chi connectivity index (χ3n) is 4.78. The zero-order chi connectivity index (χ0) is 16.1. The number of rotatable bonds is 5. The molecule has 1 N–H and O–H groups in total. The summed E-state index contributed by atoms with van der Waals surface area (Å²) in [7, 11) is 0. The van der Waals surface area contributed by atoms with Crippen molar-refractivity contribution in [1.29, 1.82) is 0 Å². The highest BCUT2D eigenvalue weighted by Gasteiger charge is 2.24. The van der Waals surface area contributed by atoms with Gasteiger partial charge in [-0.1, -0.05) is 13.3 Å². The molecule has 1 aliphatic carbocycles. The molecule has 2 fully saturated rings. The number of nitrogens with zero attached hydrogens (tertiary/aromatic N) is 2. The molecule has 0 aromatic carbocycles. The quantitative estimate of drug-likeness (QED) is 0.875. The summed E-state index contributed by atoms with van der Waals surface area (Å²) in [6.07, 6.45) is 8.12. The number of likely N-dealkylation sites (tertiary alicyclic amines) is 1. The van der Waals surface area contributed by atoms with E-state index in [1.165, 1.54) is 19.3 Å². The number of hydrogen-bond acceptors (Lipinski definition) is 4. The smallest absolute Gasteiger partial charge is 0.323 e. The van der Waals surface area contributed by atoms with E-state index in [4.69, 9.17) is 4.74 Å². The number of carbonyl (C=O) groups is 1. The lowest BCUT2D eigenvalue weighted by atomic mass is 9.83. The molecule has 0 bridgehead atoms. The van der Waals surface area contributed by atoms with E-state index < -0.39 is 0 Å². The van der Waals surface area contributed by atoms with Gasteiger partial charge in [-0.15, -0.1) is 11.3 Å². The Balaban J connectivity index is 1.48. The molecule has 23 heavy (non-hydrogen) atoms. The Morgan fingerprint density at radius 3 is 2.96 bits per heavy atom. The van der Waals surface area contributed by atoms with Gasteiger partial charge in [0.15, 0.2) is 5.13 Å². The summed E-state index contributed by atoms with van der Waals surface area (Å²) in [4.78, 5) is 18.9. The molecule has 0 spiro atoms. The van der Waals surface area contributed by atoms with Gasteiger partial charge in [-0.05, 0) is 38.5 Å². The molecule has 1 saturated heterocycles. The fourth-order valence-electron chi connectivity index (χ4n) is 3.13. The van der Waals surface area contributed by atoms with Crippen molar-refractivity contribution >= 4 is 22.5 Å². The Hall–Kier alpha value is -1.14. The molecule has 2 heterocycles. The fraction of sp³-hybridized carbons (Fsp3) is 0.765. The maximum Gasteiger partial charge on any atom is 0.323 e. The maximum atomic E-state index is 12.4. The largest absolute Gasteiger partial charge is 0.378 e. The van der Waals surface area contributed by atoms with E-state index in [0.717, 1.165) is 56.2 Å². The molecule has 2 amide bonds. The van der Waals surface area contributed by atoms with Crippen LogP contribution in [0.1, 0.15) is 63.5 Å². The summed E-state index contributed by atoms with van der Waals surface area (Å²) >= 11 is 1.54. The van der Waals surface area contributed by atoms with Crippen LogP contribution in [0.4, 0.5) is 9.93 Å². The topological polar surface area (TPSA) is 54.5 Å². The number of thiazole rings is 1. The molecule has 5 nitrogen and oxygen atoms in total. The molecule has 2 aliphatic rings. The molecule has 1 aromatic heterocycles. The molecule has 1 atom stereocenters. The zero-order valence-corrected chi connectivity index (χ0v) is 14.7. The van der Waals surface area contributed by atoms with Crippen LogP contribution >= 0.6 is 11.3 Å². The van der Waals surface area contributed by atoms with E-state index in [2.05, 4.69) is 22.6 Å². The van der Waals surface area contributed by atoms with E-state index in [-0.39, 0.29) is 6.03 Å². The standard InChI is InChI=1S/C17H27N3O2S/c1-2-11-22-14-7-4-9-20(10-8-14)17(21)19-16-18-15(12-23-16)13-5-3-6-13/h12-14H,2-11H2,1H3,(H,18,19,21). The van der Waals surface area contributed by atoms with Crippen LogP contribution in [0, 0.1) is 0 Å². The van der Waals surface area contributed by atoms with Crippen molar-refractivity contribution in [3.63, 3.8) is 0 Å². The Kier molecular flexibility index (Phi) is 5.89. The average Bonchev–Trinajstić information content (AvgIpc) is 2.80. The van der Waals surface area contributed by atoms with Crippen molar-refractivity contribution in [3.8, 4) is 0 Å². The van der Waals surface area contributed by atoms with Gasteiger partial charge in [0.1, 0.15) is 0 Å². The van der Waals surface area contributed by atoms with Crippen molar-refractivity contribution in [3.05, 3.63) is 11.1 Å². The number of aromatic nitrogens is 1. The second kappa shape index (κ2) is 8.11. The number of ether oxygens (including phenoxy) is 1. The molecular weight excluding hydrogens is 310 g/mol. The molecule has 1 unspecified atom stereocenters. The number of anilines is 1. The summed E-state index contributed by atoms with van der Waals surface area (Å²) in [6, 6.07) is -0.0179. The normalized spacial score (nSPS) is 22.5. The second-order valence-corrected chi connectivity index (χ2v) is 7.40. The summed E-state index contributed by atoms with van der Waals surface area (Å²) in [6.45, 7) is 4.52. The predicted octanol–water partition coefficient (Wildman–Crippen LogP) is 4.22. The zero-order valence-electron chi connectivity index (χ0n) is 13.9. The van der Waals surface area contributed by atoms with Crippen molar-refractivity contribution in [1.82, 2.24) is 9.88 Å². The van der Waals surface area contributed by atoms with Crippen LogP contribution in [0.25, 0.3) is 0 Å². The highest BCUT2D eigenvalue weighted by Crippen LogP contribution is 2.37. The summed E-state index contributed by atoms with van der Waals surface area (Å²) in [5.41, 5.74) is 1.15. The molecule has 0 radical (unpaired) electrons. The molecule has 1 aliphatic heterocycles. The van der Waals surface area contributed by atoms with Gasteiger partial charge in [0.05, 0.1) is 11.8 Å². The van der Waals surface area contributed by atoms with E-state index >= 15 is 0 Å². The molecule has 3 rings (SSSR count). The predicted molar refractivity (Wildman–Crippen MR) is 93.2 cm³/mol. The van der Waals surface area contributed by atoms with Crippen LogP contribution in [-0.2, 0) is 4.74 Å². The summed E-state index contributed by atoms with van der Waals surface area (Å²) < 4.78 is 5.84. The van der Waals surface area contributed by atoms with Gasteiger partial charge < -0.3 is 9.64 Å². The van der Waals surface area contributed by atoms with Crippen LogP contribution in [0.2, 0.25) is 0 Å². The first-order valence-electron chi connectivity index (χ1n) is 8.89. The molecular formula is C17H27N3O2S. The Morgan fingerprint density at radius 1 is 1.35 bits per heavy atom. The Morgan fingerprint density at radius 2 is 2.22 bits per heavy atom.